The molecule has 4 heteroatoms. The van der Waals surface area contributed by atoms with E-state index in [1.165, 1.54) is 6.07 Å². The van der Waals surface area contributed by atoms with Crippen molar-refractivity contribution in [2.75, 3.05) is 0 Å². The molecule has 3 nitrogen and oxygen atoms in total. The Balaban J connectivity index is 3.26. The van der Waals surface area contributed by atoms with Gasteiger partial charge in [-0.05, 0) is 49.8 Å². The second-order valence-electron chi connectivity index (χ2n) is 6.93. The van der Waals surface area contributed by atoms with E-state index in [0.29, 0.717) is 11.5 Å². The number of aliphatic hydroxyl groups is 1. The molecule has 2 N–H and O–H groups in total. The van der Waals surface area contributed by atoms with Crippen LogP contribution in [0.1, 0.15) is 68.9 Å². The van der Waals surface area contributed by atoms with Gasteiger partial charge >= 0.3 is 0 Å². The molecule has 1 atom stereocenters. The van der Waals surface area contributed by atoms with Crippen LogP contribution in [-0.4, -0.2) is 16.6 Å². The van der Waals surface area contributed by atoms with Gasteiger partial charge in [-0.2, -0.15) is 0 Å². The molecule has 0 aliphatic rings. The van der Waals surface area contributed by atoms with Crippen molar-refractivity contribution in [2.24, 2.45) is 5.92 Å². The highest BCUT2D eigenvalue weighted by atomic mass is 19.1. The van der Waals surface area contributed by atoms with Gasteiger partial charge in [0.2, 0.25) is 0 Å². The fourth-order valence-corrected chi connectivity index (χ4v) is 2.12. The van der Waals surface area contributed by atoms with Crippen molar-refractivity contribution < 1.29 is 14.3 Å². The summed E-state index contributed by atoms with van der Waals surface area (Å²) >= 11 is 0. The van der Waals surface area contributed by atoms with Crippen LogP contribution in [-0.2, 0) is 6.61 Å². The SMILES string of the molecule is CC(C)C(C)c1cc(F)c(C(=O)NC(C)(C)C)c(CO)c1. The molecule has 1 unspecified atom stereocenters. The van der Waals surface area contributed by atoms with Gasteiger partial charge in [-0.1, -0.05) is 26.8 Å². The quantitative estimate of drug-likeness (QED) is 0.891. The summed E-state index contributed by atoms with van der Waals surface area (Å²) in [6.45, 7) is 11.3. The number of rotatable bonds is 4. The molecule has 0 aliphatic carbocycles. The number of amides is 1. The van der Waals surface area contributed by atoms with Crippen LogP contribution in [0.3, 0.4) is 0 Å². The van der Waals surface area contributed by atoms with Crippen LogP contribution in [0.5, 0.6) is 0 Å². The number of halogens is 1. The summed E-state index contributed by atoms with van der Waals surface area (Å²) in [5.74, 6) is -0.562. The van der Waals surface area contributed by atoms with Crippen molar-refractivity contribution in [3.8, 4) is 0 Å². The highest BCUT2D eigenvalue weighted by Crippen LogP contribution is 2.27. The van der Waals surface area contributed by atoms with Gasteiger partial charge in [0.1, 0.15) is 5.82 Å². The van der Waals surface area contributed by atoms with Crippen LogP contribution in [0, 0.1) is 11.7 Å². The predicted molar refractivity (Wildman–Crippen MR) is 82.8 cm³/mol. The molecule has 0 saturated carbocycles. The van der Waals surface area contributed by atoms with Crippen molar-refractivity contribution in [3.05, 3.63) is 34.6 Å². The molecule has 0 fully saturated rings. The third-order valence-corrected chi connectivity index (χ3v) is 3.61. The molecular weight excluding hydrogens is 269 g/mol. The summed E-state index contributed by atoms with van der Waals surface area (Å²) in [5.41, 5.74) is 0.616. The third-order valence-electron chi connectivity index (χ3n) is 3.61. The third kappa shape index (κ3) is 4.53. The van der Waals surface area contributed by atoms with Gasteiger partial charge in [0.05, 0.1) is 12.2 Å². The standard InChI is InChI=1S/C17H26FNO2/c1-10(2)11(3)12-7-13(9-20)15(14(18)8-12)16(21)19-17(4,5)6/h7-8,10-11,20H,9H2,1-6H3,(H,19,21). The normalized spacial score (nSPS) is 13.4. The maximum absolute atomic E-state index is 14.4. The molecule has 0 aromatic heterocycles. The summed E-state index contributed by atoms with van der Waals surface area (Å²) in [5, 5.41) is 12.2. The molecule has 0 heterocycles. The Morgan fingerprint density at radius 1 is 1.29 bits per heavy atom. The zero-order chi connectivity index (χ0) is 16.4. The Hall–Kier alpha value is -1.42. The molecule has 0 bridgehead atoms. The fraction of sp³-hybridized carbons (Fsp3) is 0.588. The van der Waals surface area contributed by atoms with E-state index >= 15 is 0 Å². The number of carbonyl (C=O) groups is 1. The lowest BCUT2D eigenvalue weighted by Crippen LogP contribution is -2.41. The summed E-state index contributed by atoms with van der Waals surface area (Å²) in [6, 6.07) is 3.13. The maximum Gasteiger partial charge on any atom is 0.255 e. The molecule has 0 saturated heterocycles. The van der Waals surface area contributed by atoms with Crippen molar-refractivity contribution in [1.82, 2.24) is 5.32 Å². The zero-order valence-corrected chi connectivity index (χ0v) is 13.7. The first-order valence-corrected chi connectivity index (χ1v) is 7.32. The van der Waals surface area contributed by atoms with Crippen molar-refractivity contribution >= 4 is 5.91 Å². The molecule has 21 heavy (non-hydrogen) atoms. The van der Waals surface area contributed by atoms with Crippen LogP contribution in [0.25, 0.3) is 0 Å². The summed E-state index contributed by atoms with van der Waals surface area (Å²) in [6.07, 6.45) is 0. The number of hydrogen-bond acceptors (Lipinski definition) is 2. The minimum atomic E-state index is -0.578. The second kappa shape index (κ2) is 6.56. The molecule has 1 aromatic rings. The van der Waals surface area contributed by atoms with Gasteiger partial charge in [-0.15, -0.1) is 0 Å². The molecule has 0 radical (unpaired) electrons. The van der Waals surface area contributed by atoms with Gasteiger partial charge in [0, 0.05) is 5.54 Å². The van der Waals surface area contributed by atoms with Gasteiger partial charge in [-0.25, -0.2) is 4.39 Å². The lowest BCUT2D eigenvalue weighted by Gasteiger charge is -2.23. The van der Waals surface area contributed by atoms with E-state index in [1.54, 1.807) is 6.07 Å². The molecule has 118 valence electrons. The van der Waals surface area contributed by atoms with E-state index in [2.05, 4.69) is 19.2 Å². The minimum Gasteiger partial charge on any atom is -0.392 e. The van der Waals surface area contributed by atoms with Crippen molar-refractivity contribution in [3.63, 3.8) is 0 Å². The molecule has 0 aliphatic heterocycles. The molecule has 1 rings (SSSR count). The largest absolute Gasteiger partial charge is 0.392 e. The van der Waals surface area contributed by atoms with Crippen LogP contribution in [0.4, 0.5) is 4.39 Å². The average molecular weight is 295 g/mol. The van der Waals surface area contributed by atoms with E-state index in [-0.39, 0.29) is 18.1 Å². The topological polar surface area (TPSA) is 49.3 Å². The first-order valence-electron chi connectivity index (χ1n) is 7.32. The highest BCUT2D eigenvalue weighted by Gasteiger charge is 2.23. The molecule has 1 amide bonds. The first kappa shape index (κ1) is 17.6. The zero-order valence-electron chi connectivity index (χ0n) is 13.7. The predicted octanol–water partition coefficient (Wildman–Crippen LogP) is 3.61. The number of aliphatic hydroxyl groups excluding tert-OH is 1. The van der Waals surface area contributed by atoms with E-state index < -0.39 is 17.3 Å². The van der Waals surface area contributed by atoms with E-state index in [9.17, 15) is 14.3 Å². The number of nitrogens with one attached hydrogen (secondary N) is 1. The summed E-state index contributed by atoms with van der Waals surface area (Å²) in [7, 11) is 0. The Morgan fingerprint density at radius 2 is 1.86 bits per heavy atom. The Kier molecular flexibility index (Phi) is 5.51. The molecule has 1 aromatic carbocycles. The van der Waals surface area contributed by atoms with Gasteiger partial charge in [-0.3, -0.25) is 4.79 Å². The number of hydrogen-bond donors (Lipinski definition) is 2. The van der Waals surface area contributed by atoms with Crippen molar-refractivity contribution in [1.29, 1.82) is 0 Å². The van der Waals surface area contributed by atoms with E-state index in [1.807, 2.05) is 27.7 Å². The molecular formula is C17H26FNO2. The van der Waals surface area contributed by atoms with Gasteiger partial charge in [0.25, 0.3) is 5.91 Å². The maximum atomic E-state index is 14.4. The Morgan fingerprint density at radius 3 is 2.29 bits per heavy atom. The highest BCUT2D eigenvalue weighted by molar-refractivity contribution is 5.96. The molecule has 0 spiro atoms. The van der Waals surface area contributed by atoms with Crippen LogP contribution < -0.4 is 5.32 Å². The van der Waals surface area contributed by atoms with Crippen molar-refractivity contribution in [2.45, 2.75) is 59.6 Å². The van der Waals surface area contributed by atoms with Gasteiger partial charge < -0.3 is 10.4 Å². The number of benzene rings is 1. The first-order chi connectivity index (χ1) is 9.56. The lowest BCUT2D eigenvalue weighted by molar-refractivity contribution is 0.0912. The van der Waals surface area contributed by atoms with E-state index in [0.717, 1.165) is 5.56 Å². The monoisotopic (exact) mass is 295 g/mol. The Bertz CT molecular complexity index is 518. The second-order valence-corrected chi connectivity index (χ2v) is 6.93. The number of carbonyl (C=O) groups excluding carboxylic acids is 1. The van der Waals surface area contributed by atoms with Gasteiger partial charge in [0.15, 0.2) is 0 Å². The smallest absolute Gasteiger partial charge is 0.255 e. The van der Waals surface area contributed by atoms with E-state index in [4.69, 9.17) is 0 Å². The van der Waals surface area contributed by atoms with Crippen LogP contribution in [0.15, 0.2) is 12.1 Å². The summed E-state index contributed by atoms with van der Waals surface area (Å²) in [4.78, 5) is 12.2. The minimum absolute atomic E-state index is 0.0628. The fourth-order valence-electron chi connectivity index (χ4n) is 2.12. The Labute approximate surface area is 126 Å². The summed E-state index contributed by atoms with van der Waals surface area (Å²) < 4.78 is 14.4. The van der Waals surface area contributed by atoms with Crippen LogP contribution >= 0.6 is 0 Å². The average Bonchev–Trinajstić information content (AvgIpc) is 2.34. The lowest BCUT2D eigenvalue weighted by atomic mass is 9.88. The van der Waals surface area contributed by atoms with Crippen LogP contribution in [0.2, 0.25) is 0 Å².